The van der Waals surface area contributed by atoms with Gasteiger partial charge in [-0.15, -0.1) is 0 Å². The zero-order chi connectivity index (χ0) is 16.3. The Morgan fingerprint density at radius 1 is 1.55 bits per heavy atom. The van der Waals surface area contributed by atoms with Crippen LogP contribution in [0.5, 0.6) is 0 Å². The molecule has 5 nitrogen and oxygen atoms in total. The van der Waals surface area contributed by atoms with Gasteiger partial charge in [0.25, 0.3) is 0 Å². The molecule has 0 bridgehead atoms. The average molecular weight is 348 g/mol. The number of morpholine rings is 1. The summed E-state index contributed by atoms with van der Waals surface area (Å²) in [4.78, 5) is 13.7. The van der Waals surface area contributed by atoms with Crippen LogP contribution >= 0.6 is 23.2 Å². The molecule has 0 aromatic heterocycles. The summed E-state index contributed by atoms with van der Waals surface area (Å²) in [6.45, 7) is 3.65. The zero-order valence-corrected chi connectivity index (χ0v) is 14.0. The van der Waals surface area contributed by atoms with Crippen molar-refractivity contribution in [2.45, 2.75) is 18.6 Å². The van der Waals surface area contributed by atoms with Gasteiger partial charge >= 0.3 is 5.97 Å². The predicted octanol–water partition coefficient (Wildman–Crippen LogP) is 2.86. The summed E-state index contributed by atoms with van der Waals surface area (Å²) < 4.78 is 10.9. The van der Waals surface area contributed by atoms with Crippen molar-refractivity contribution in [1.29, 1.82) is 0 Å². The van der Waals surface area contributed by atoms with Gasteiger partial charge in [0.1, 0.15) is 11.6 Å². The number of ether oxygens (including phenoxy) is 2. The quantitative estimate of drug-likeness (QED) is 0.887. The van der Waals surface area contributed by atoms with Gasteiger partial charge in [0.2, 0.25) is 0 Å². The number of hydrogen-bond donors (Lipinski definition) is 1. The van der Waals surface area contributed by atoms with Crippen molar-refractivity contribution in [3.8, 4) is 0 Å². The fraction of sp³-hybridized carbons (Fsp3) is 0.533. The number of methoxy groups -OCH3 is 1. The van der Waals surface area contributed by atoms with Crippen LogP contribution in [0, 0.1) is 0 Å². The molecule has 2 unspecified atom stereocenters. The van der Waals surface area contributed by atoms with Crippen molar-refractivity contribution in [3.05, 3.63) is 33.8 Å². The minimum Gasteiger partial charge on any atom is -0.480 e. The lowest BCUT2D eigenvalue weighted by molar-refractivity contribution is -0.158. The largest absolute Gasteiger partial charge is 0.480 e. The Kier molecular flexibility index (Phi) is 5.69. The smallest absolute Gasteiger partial charge is 0.325 e. The van der Waals surface area contributed by atoms with E-state index in [9.17, 15) is 9.90 Å². The highest BCUT2D eigenvalue weighted by Gasteiger charge is 2.39. The number of carboxylic acid groups (broad SMARTS) is 1. The van der Waals surface area contributed by atoms with E-state index in [1.54, 1.807) is 25.3 Å². The second kappa shape index (κ2) is 7.15. The molecule has 0 saturated carbocycles. The van der Waals surface area contributed by atoms with Gasteiger partial charge in [0, 0.05) is 25.8 Å². The minimum atomic E-state index is -0.967. The van der Waals surface area contributed by atoms with Crippen LogP contribution in [0.3, 0.4) is 0 Å². The molecule has 1 heterocycles. The third-order valence-corrected chi connectivity index (χ3v) is 4.52. The SMILES string of the molecule is COCC1(C)CN(C(C(=O)O)c2cccc(Cl)c2Cl)CCO1. The van der Waals surface area contributed by atoms with E-state index in [1.165, 1.54) is 0 Å². The van der Waals surface area contributed by atoms with Crippen LogP contribution in [-0.2, 0) is 14.3 Å². The second-order valence-corrected chi connectivity index (χ2v) is 6.37. The van der Waals surface area contributed by atoms with Crippen molar-refractivity contribution in [2.75, 3.05) is 33.4 Å². The lowest BCUT2D eigenvalue weighted by Gasteiger charge is -2.42. The van der Waals surface area contributed by atoms with Crippen LogP contribution in [-0.4, -0.2) is 55.0 Å². The molecule has 1 aliphatic heterocycles. The molecule has 2 atom stereocenters. The van der Waals surface area contributed by atoms with Crippen LogP contribution < -0.4 is 0 Å². The van der Waals surface area contributed by atoms with Crippen LogP contribution in [0.4, 0.5) is 0 Å². The first-order valence-corrected chi connectivity index (χ1v) is 7.67. The molecule has 22 heavy (non-hydrogen) atoms. The van der Waals surface area contributed by atoms with Crippen LogP contribution in [0.15, 0.2) is 18.2 Å². The van der Waals surface area contributed by atoms with Gasteiger partial charge in [-0.05, 0) is 13.0 Å². The van der Waals surface area contributed by atoms with E-state index >= 15 is 0 Å². The molecule has 2 rings (SSSR count). The Labute approximate surface area is 139 Å². The topological polar surface area (TPSA) is 59.0 Å². The Morgan fingerprint density at radius 3 is 2.91 bits per heavy atom. The maximum atomic E-state index is 11.8. The van der Waals surface area contributed by atoms with Crippen molar-refractivity contribution in [2.24, 2.45) is 0 Å². The lowest BCUT2D eigenvalue weighted by Crippen LogP contribution is -2.54. The van der Waals surface area contributed by atoms with Crippen molar-refractivity contribution in [3.63, 3.8) is 0 Å². The number of nitrogens with zero attached hydrogens (tertiary/aromatic N) is 1. The van der Waals surface area contributed by atoms with E-state index < -0.39 is 17.6 Å². The standard InChI is InChI=1S/C15H19Cl2NO4/c1-15(9-21-2)8-18(6-7-22-15)13(14(19)20)10-4-3-5-11(16)12(10)17/h3-5,13H,6-9H2,1-2H3,(H,19,20). The van der Waals surface area contributed by atoms with Crippen LogP contribution in [0.1, 0.15) is 18.5 Å². The molecule has 0 spiro atoms. The molecule has 1 aromatic carbocycles. The molecule has 122 valence electrons. The molecule has 0 aliphatic carbocycles. The van der Waals surface area contributed by atoms with Crippen LogP contribution in [0.25, 0.3) is 0 Å². The lowest BCUT2D eigenvalue weighted by atomic mass is 10.00. The average Bonchev–Trinajstić information content (AvgIpc) is 2.43. The fourth-order valence-electron chi connectivity index (χ4n) is 2.79. The molecule has 0 radical (unpaired) electrons. The summed E-state index contributed by atoms with van der Waals surface area (Å²) in [7, 11) is 1.59. The Bertz CT molecular complexity index is 550. The maximum Gasteiger partial charge on any atom is 0.325 e. The third-order valence-electron chi connectivity index (χ3n) is 3.69. The molecule has 1 N–H and O–H groups in total. The first kappa shape index (κ1) is 17.5. The summed E-state index contributed by atoms with van der Waals surface area (Å²) in [6.07, 6.45) is 0. The molecular weight excluding hydrogens is 329 g/mol. The summed E-state index contributed by atoms with van der Waals surface area (Å²) in [5, 5.41) is 10.3. The maximum absolute atomic E-state index is 11.8. The highest BCUT2D eigenvalue weighted by Crippen LogP contribution is 2.35. The molecule has 1 fully saturated rings. The van der Waals surface area contributed by atoms with Crippen molar-refractivity contribution >= 4 is 29.2 Å². The predicted molar refractivity (Wildman–Crippen MR) is 84.6 cm³/mol. The highest BCUT2D eigenvalue weighted by atomic mass is 35.5. The van der Waals surface area contributed by atoms with Gasteiger partial charge < -0.3 is 14.6 Å². The van der Waals surface area contributed by atoms with E-state index in [4.69, 9.17) is 32.7 Å². The summed E-state index contributed by atoms with van der Waals surface area (Å²) in [5.41, 5.74) is -0.0607. The Morgan fingerprint density at radius 2 is 2.27 bits per heavy atom. The van der Waals surface area contributed by atoms with Gasteiger partial charge in [0.05, 0.1) is 23.3 Å². The van der Waals surface area contributed by atoms with Crippen molar-refractivity contribution < 1.29 is 19.4 Å². The van der Waals surface area contributed by atoms with Gasteiger partial charge in [-0.3, -0.25) is 9.69 Å². The monoisotopic (exact) mass is 347 g/mol. The molecule has 1 saturated heterocycles. The number of carboxylic acids is 1. The third kappa shape index (κ3) is 3.73. The molecule has 1 aliphatic rings. The molecular formula is C15H19Cl2NO4. The normalized spacial score (nSPS) is 24.2. The van der Waals surface area contributed by atoms with Gasteiger partial charge in [-0.1, -0.05) is 35.3 Å². The number of benzene rings is 1. The highest BCUT2D eigenvalue weighted by molar-refractivity contribution is 6.42. The molecule has 0 amide bonds. The number of aliphatic carboxylic acids is 1. The van der Waals surface area contributed by atoms with E-state index in [2.05, 4.69) is 0 Å². The van der Waals surface area contributed by atoms with Gasteiger partial charge in [-0.2, -0.15) is 0 Å². The first-order valence-electron chi connectivity index (χ1n) is 6.91. The summed E-state index contributed by atoms with van der Waals surface area (Å²) in [6, 6.07) is 4.16. The van der Waals surface area contributed by atoms with E-state index in [1.807, 2.05) is 11.8 Å². The summed E-state index contributed by atoms with van der Waals surface area (Å²) >= 11 is 12.2. The molecule has 1 aromatic rings. The Balaban J connectivity index is 2.32. The van der Waals surface area contributed by atoms with Gasteiger partial charge in [-0.25, -0.2) is 0 Å². The van der Waals surface area contributed by atoms with E-state index in [0.717, 1.165) is 0 Å². The van der Waals surface area contributed by atoms with Gasteiger partial charge in [0.15, 0.2) is 0 Å². The van der Waals surface area contributed by atoms with E-state index in [0.29, 0.717) is 36.9 Å². The van der Waals surface area contributed by atoms with Crippen LogP contribution in [0.2, 0.25) is 10.0 Å². The minimum absolute atomic E-state index is 0.275. The second-order valence-electron chi connectivity index (χ2n) is 5.59. The Hall–Kier alpha value is -0.850. The van der Waals surface area contributed by atoms with Crippen molar-refractivity contribution in [1.82, 2.24) is 4.90 Å². The fourth-order valence-corrected chi connectivity index (χ4v) is 3.21. The van der Waals surface area contributed by atoms with E-state index in [-0.39, 0.29) is 5.02 Å². The first-order chi connectivity index (χ1) is 10.4. The zero-order valence-electron chi connectivity index (χ0n) is 12.5. The number of rotatable bonds is 5. The number of hydrogen-bond acceptors (Lipinski definition) is 4. The summed E-state index contributed by atoms with van der Waals surface area (Å²) in [5.74, 6) is -0.967. The number of carbonyl (C=O) groups is 1. The number of halogens is 2. The molecule has 7 heteroatoms.